The second-order valence-corrected chi connectivity index (χ2v) is 5.73. The van der Waals surface area contributed by atoms with Gasteiger partial charge in [-0.05, 0) is 39.8 Å². The van der Waals surface area contributed by atoms with Gasteiger partial charge in [0.1, 0.15) is 0 Å². The highest BCUT2D eigenvalue weighted by Gasteiger charge is 2.35. The summed E-state index contributed by atoms with van der Waals surface area (Å²) in [5, 5.41) is 0. The van der Waals surface area contributed by atoms with Crippen LogP contribution in [-0.4, -0.2) is 46.8 Å². The molecule has 0 fully saturated rings. The lowest BCUT2D eigenvalue weighted by atomic mass is 10.1. The maximum atomic E-state index is 12.2. The van der Waals surface area contributed by atoms with Gasteiger partial charge in [0.05, 0.1) is 11.1 Å². The van der Waals surface area contributed by atoms with Crippen LogP contribution in [0.4, 0.5) is 0 Å². The van der Waals surface area contributed by atoms with E-state index in [-0.39, 0.29) is 24.2 Å². The third-order valence-corrected chi connectivity index (χ3v) is 3.79. The van der Waals surface area contributed by atoms with Crippen molar-refractivity contribution in [2.45, 2.75) is 39.8 Å². The quantitative estimate of drug-likeness (QED) is 0.785. The molecule has 0 aromatic heterocycles. The maximum Gasteiger partial charge on any atom is 0.261 e. The van der Waals surface area contributed by atoms with Gasteiger partial charge in [0.25, 0.3) is 11.8 Å². The molecule has 21 heavy (non-hydrogen) atoms. The van der Waals surface area contributed by atoms with E-state index in [2.05, 4.69) is 32.6 Å². The molecule has 2 rings (SSSR count). The second-order valence-electron chi connectivity index (χ2n) is 5.73. The van der Waals surface area contributed by atoms with E-state index in [0.717, 1.165) is 0 Å². The summed E-state index contributed by atoms with van der Waals surface area (Å²) < 4.78 is 0. The summed E-state index contributed by atoms with van der Waals surface area (Å²) in [6.07, 6.45) is 0. The highest BCUT2D eigenvalue weighted by atomic mass is 35.5. The fraction of sp³-hybridized carbons (Fsp3) is 0.500. The summed E-state index contributed by atoms with van der Waals surface area (Å²) in [5.41, 5.74) is 1.05. The minimum Gasteiger partial charge on any atom is -0.297 e. The Bertz CT molecular complexity index is 486. The van der Waals surface area contributed by atoms with Crippen molar-refractivity contribution in [3.05, 3.63) is 35.4 Å². The molecule has 0 saturated carbocycles. The van der Waals surface area contributed by atoms with Gasteiger partial charge in [0, 0.05) is 25.2 Å². The van der Waals surface area contributed by atoms with Crippen molar-refractivity contribution in [3.63, 3.8) is 0 Å². The van der Waals surface area contributed by atoms with E-state index in [4.69, 9.17) is 0 Å². The summed E-state index contributed by atoms with van der Waals surface area (Å²) in [5.74, 6) is -0.337. The van der Waals surface area contributed by atoms with Gasteiger partial charge < -0.3 is 0 Å². The molecule has 0 unspecified atom stereocenters. The molecule has 0 spiro atoms. The maximum absolute atomic E-state index is 12.2. The molecule has 0 atom stereocenters. The second kappa shape index (κ2) is 7.05. The molecule has 1 aliphatic rings. The minimum atomic E-state index is -0.168. The van der Waals surface area contributed by atoms with Crippen LogP contribution in [0.5, 0.6) is 0 Å². The highest BCUT2D eigenvalue weighted by Crippen LogP contribution is 2.22. The van der Waals surface area contributed by atoms with Crippen LogP contribution < -0.4 is 0 Å². The monoisotopic (exact) mass is 310 g/mol. The molecule has 0 N–H and O–H groups in total. The molecular weight excluding hydrogens is 288 g/mol. The van der Waals surface area contributed by atoms with E-state index < -0.39 is 0 Å². The van der Waals surface area contributed by atoms with Crippen molar-refractivity contribution < 1.29 is 9.59 Å². The van der Waals surface area contributed by atoms with E-state index in [9.17, 15) is 9.59 Å². The van der Waals surface area contributed by atoms with E-state index in [1.807, 2.05) is 0 Å². The third kappa shape index (κ3) is 3.44. The summed E-state index contributed by atoms with van der Waals surface area (Å²) in [4.78, 5) is 28.1. The lowest BCUT2D eigenvalue weighted by Crippen LogP contribution is -2.44. The number of nitrogens with zero attached hydrogens (tertiary/aromatic N) is 2. The topological polar surface area (TPSA) is 40.6 Å². The van der Waals surface area contributed by atoms with Crippen molar-refractivity contribution in [2.24, 2.45) is 0 Å². The van der Waals surface area contributed by atoms with E-state index in [0.29, 0.717) is 36.3 Å². The number of imide groups is 1. The molecule has 5 heteroatoms. The van der Waals surface area contributed by atoms with Gasteiger partial charge in [0.15, 0.2) is 0 Å². The fourth-order valence-electron chi connectivity index (χ4n) is 2.77. The van der Waals surface area contributed by atoms with Crippen LogP contribution in [0.25, 0.3) is 0 Å². The average Bonchev–Trinajstić information content (AvgIpc) is 2.63. The minimum absolute atomic E-state index is 0. The van der Waals surface area contributed by atoms with Crippen molar-refractivity contribution in [2.75, 3.05) is 13.1 Å². The molecule has 1 aliphatic heterocycles. The SMILES string of the molecule is CC(C)N(CCN1C(=O)c2ccccc2C1=O)C(C)C.Cl. The lowest BCUT2D eigenvalue weighted by molar-refractivity contribution is 0.0614. The Morgan fingerprint density at radius 2 is 1.38 bits per heavy atom. The number of hydrogen-bond acceptors (Lipinski definition) is 3. The Labute approximate surface area is 132 Å². The number of fused-ring (bicyclic) bond motifs is 1. The van der Waals surface area contributed by atoms with Gasteiger partial charge in [-0.2, -0.15) is 0 Å². The van der Waals surface area contributed by atoms with Crippen molar-refractivity contribution in [1.82, 2.24) is 9.80 Å². The fourth-order valence-corrected chi connectivity index (χ4v) is 2.77. The molecule has 1 aromatic carbocycles. The largest absolute Gasteiger partial charge is 0.297 e. The Hall–Kier alpha value is -1.39. The van der Waals surface area contributed by atoms with Crippen LogP contribution in [0.3, 0.4) is 0 Å². The first-order valence-electron chi connectivity index (χ1n) is 7.14. The van der Waals surface area contributed by atoms with Gasteiger partial charge in [0.2, 0.25) is 0 Å². The molecule has 0 saturated heterocycles. The smallest absolute Gasteiger partial charge is 0.261 e. The van der Waals surface area contributed by atoms with E-state index in [1.165, 1.54) is 4.90 Å². The van der Waals surface area contributed by atoms with Crippen LogP contribution in [-0.2, 0) is 0 Å². The number of hydrogen-bond donors (Lipinski definition) is 0. The molecule has 4 nitrogen and oxygen atoms in total. The summed E-state index contributed by atoms with van der Waals surface area (Å²) >= 11 is 0. The molecule has 2 amide bonds. The molecule has 1 heterocycles. The summed E-state index contributed by atoms with van der Waals surface area (Å²) in [6.45, 7) is 9.67. The Morgan fingerprint density at radius 1 is 0.952 bits per heavy atom. The first-order chi connectivity index (χ1) is 9.43. The molecule has 0 bridgehead atoms. The van der Waals surface area contributed by atoms with Crippen LogP contribution in [0.1, 0.15) is 48.4 Å². The zero-order valence-electron chi connectivity index (χ0n) is 13.0. The standard InChI is InChI=1S/C16H22N2O2.ClH/c1-11(2)17(12(3)4)9-10-18-15(19)13-7-5-6-8-14(13)16(18)20;/h5-8,11-12H,9-10H2,1-4H3;1H. The first-order valence-corrected chi connectivity index (χ1v) is 7.14. The number of rotatable bonds is 5. The number of amides is 2. The van der Waals surface area contributed by atoms with Crippen molar-refractivity contribution in [1.29, 1.82) is 0 Å². The van der Waals surface area contributed by atoms with Crippen molar-refractivity contribution in [3.8, 4) is 0 Å². The summed E-state index contributed by atoms with van der Waals surface area (Å²) in [7, 11) is 0. The van der Waals surface area contributed by atoms with Crippen LogP contribution in [0, 0.1) is 0 Å². The molecule has 0 aliphatic carbocycles. The third-order valence-electron chi connectivity index (χ3n) is 3.79. The number of carbonyl (C=O) groups excluding carboxylic acids is 2. The molecule has 0 radical (unpaired) electrons. The number of benzene rings is 1. The zero-order valence-corrected chi connectivity index (χ0v) is 13.8. The zero-order chi connectivity index (χ0) is 14.9. The average molecular weight is 311 g/mol. The van der Waals surface area contributed by atoms with Gasteiger partial charge in [-0.15, -0.1) is 12.4 Å². The first kappa shape index (κ1) is 17.7. The van der Waals surface area contributed by atoms with Crippen LogP contribution >= 0.6 is 12.4 Å². The van der Waals surface area contributed by atoms with Gasteiger partial charge in [-0.3, -0.25) is 19.4 Å². The van der Waals surface area contributed by atoms with Gasteiger partial charge >= 0.3 is 0 Å². The van der Waals surface area contributed by atoms with Gasteiger partial charge in [-0.1, -0.05) is 12.1 Å². The summed E-state index contributed by atoms with van der Waals surface area (Å²) in [6, 6.07) is 7.82. The van der Waals surface area contributed by atoms with E-state index >= 15 is 0 Å². The van der Waals surface area contributed by atoms with Gasteiger partial charge in [-0.25, -0.2) is 0 Å². The predicted molar refractivity (Wildman–Crippen MR) is 86.0 cm³/mol. The van der Waals surface area contributed by atoms with Crippen LogP contribution in [0.15, 0.2) is 24.3 Å². The van der Waals surface area contributed by atoms with E-state index in [1.54, 1.807) is 24.3 Å². The van der Waals surface area contributed by atoms with Crippen LogP contribution in [0.2, 0.25) is 0 Å². The predicted octanol–water partition coefficient (Wildman–Crippen LogP) is 2.82. The Kier molecular flexibility index (Phi) is 5.93. The normalized spacial score (nSPS) is 14.1. The number of carbonyl (C=O) groups is 2. The molecular formula is C16H23ClN2O2. The molecule has 116 valence electrons. The highest BCUT2D eigenvalue weighted by molar-refractivity contribution is 6.21. The number of halogens is 1. The Balaban J connectivity index is 0.00000220. The lowest BCUT2D eigenvalue weighted by Gasteiger charge is -2.31. The van der Waals surface area contributed by atoms with Crippen molar-refractivity contribution >= 4 is 24.2 Å². The Morgan fingerprint density at radius 3 is 1.76 bits per heavy atom. The molecule has 1 aromatic rings.